The van der Waals surface area contributed by atoms with Crippen molar-refractivity contribution in [3.8, 4) is 0 Å². The van der Waals surface area contributed by atoms with Crippen LogP contribution in [0.2, 0.25) is 0 Å². The minimum atomic E-state index is 0.713. The van der Waals surface area contributed by atoms with Gasteiger partial charge in [-0.25, -0.2) is 0 Å². The van der Waals surface area contributed by atoms with Crippen LogP contribution in [-0.2, 0) is 0 Å². The van der Waals surface area contributed by atoms with Crippen LogP contribution in [0.25, 0.3) is 0 Å². The zero-order chi connectivity index (χ0) is 9.14. The molecule has 0 spiro atoms. The van der Waals surface area contributed by atoms with Crippen molar-refractivity contribution in [3.63, 3.8) is 0 Å². The fourth-order valence-corrected chi connectivity index (χ4v) is 1.94. The lowest BCUT2D eigenvalue weighted by atomic mass is 10.0. The number of hydrogen-bond donors (Lipinski definition) is 1. The van der Waals surface area contributed by atoms with E-state index in [9.17, 15) is 0 Å². The molecule has 0 saturated heterocycles. The predicted octanol–water partition coefficient (Wildman–Crippen LogP) is 2.73. The summed E-state index contributed by atoms with van der Waals surface area (Å²) in [6.45, 7) is 10.3. The van der Waals surface area contributed by atoms with Crippen molar-refractivity contribution in [3.05, 3.63) is 11.1 Å². The van der Waals surface area contributed by atoms with Gasteiger partial charge >= 0.3 is 0 Å². The van der Waals surface area contributed by atoms with Gasteiger partial charge in [-0.15, -0.1) is 0 Å². The van der Waals surface area contributed by atoms with E-state index in [0.717, 1.165) is 12.5 Å². The Labute approximate surface area is 76.2 Å². The Balaban J connectivity index is 2.43. The summed E-state index contributed by atoms with van der Waals surface area (Å²) in [4.78, 5) is 0. The quantitative estimate of drug-likeness (QED) is 0.637. The Kier molecular flexibility index (Phi) is 3.33. The first-order valence-corrected chi connectivity index (χ1v) is 5.06. The van der Waals surface area contributed by atoms with E-state index in [1.807, 2.05) is 0 Å². The second-order valence-corrected chi connectivity index (χ2v) is 4.02. The van der Waals surface area contributed by atoms with E-state index in [0.29, 0.717) is 6.04 Å². The fourth-order valence-electron chi connectivity index (χ4n) is 1.94. The molecule has 70 valence electrons. The first kappa shape index (κ1) is 9.79. The molecule has 0 heterocycles. The van der Waals surface area contributed by atoms with E-state index < -0.39 is 0 Å². The van der Waals surface area contributed by atoms with Crippen LogP contribution in [0.4, 0.5) is 0 Å². The molecular formula is C11H21N. The zero-order valence-corrected chi connectivity index (χ0v) is 8.78. The minimum Gasteiger partial charge on any atom is -0.313 e. The highest BCUT2D eigenvalue weighted by molar-refractivity contribution is 5.22. The van der Waals surface area contributed by atoms with E-state index >= 15 is 0 Å². The Hall–Kier alpha value is -0.300. The monoisotopic (exact) mass is 167 g/mol. The molecule has 0 bridgehead atoms. The summed E-state index contributed by atoms with van der Waals surface area (Å²) in [7, 11) is 0. The van der Waals surface area contributed by atoms with Crippen LogP contribution in [0.15, 0.2) is 11.1 Å². The van der Waals surface area contributed by atoms with Gasteiger partial charge in [0.05, 0.1) is 0 Å². The highest BCUT2D eigenvalue weighted by Gasteiger charge is 2.25. The molecule has 0 aromatic rings. The van der Waals surface area contributed by atoms with Crippen LogP contribution in [0.1, 0.15) is 40.5 Å². The minimum absolute atomic E-state index is 0.713. The van der Waals surface area contributed by atoms with Crippen molar-refractivity contribution in [2.24, 2.45) is 5.92 Å². The zero-order valence-electron chi connectivity index (χ0n) is 8.78. The van der Waals surface area contributed by atoms with E-state index in [4.69, 9.17) is 0 Å². The molecule has 1 aliphatic carbocycles. The summed E-state index contributed by atoms with van der Waals surface area (Å²) in [5.41, 5.74) is 3.19. The first-order chi connectivity index (χ1) is 5.66. The van der Waals surface area contributed by atoms with Gasteiger partial charge in [0.2, 0.25) is 0 Å². The fraction of sp³-hybridized carbons (Fsp3) is 0.818. The van der Waals surface area contributed by atoms with E-state index in [2.05, 4.69) is 33.0 Å². The van der Waals surface area contributed by atoms with Crippen molar-refractivity contribution < 1.29 is 0 Å². The van der Waals surface area contributed by atoms with E-state index in [1.165, 1.54) is 12.8 Å². The highest BCUT2D eigenvalue weighted by atomic mass is 14.9. The average molecular weight is 167 g/mol. The molecule has 1 nitrogen and oxygen atoms in total. The molecule has 0 aliphatic heterocycles. The Bertz CT molecular complexity index is 181. The first-order valence-electron chi connectivity index (χ1n) is 5.06. The van der Waals surface area contributed by atoms with Gasteiger partial charge in [-0.2, -0.15) is 0 Å². The van der Waals surface area contributed by atoms with Gasteiger partial charge in [0.25, 0.3) is 0 Å². The molecule has 0 saturated carbocycles. The van der Waals surface area contributed by atoms with Gasteiger partial charge in [0, 0.05) is 6.04 Å². The van der Waals surface area contributed by atoms with Crippen LogP contribution < -0.4 is 5.32 Å². The van der Waals surface area contributed by atoms with E-state index in [1.54, 1.807) is 11.1 Å². The molecule has 0 aromatic carbocycles. The largest absolute Gasteiger partial charge is 0.313 e. The standard InChI is InChI=1S/C11H21N/c1-5-6-12-11-7-8(2)9(3)10(11)4/h10-12H,5-7H2,1-4H3. The van der Waals surface area contributed by atoms with Crippen molar-refractivity contribution in [2.75, 3.05) is 6.54 Å². The Morgan fingerprint density at radius 1 is 1.42 bits per heavy atom. The molecular weight excluding hydrogens is 146 g/mol. The van der Waals surface area contributed by atoms with Gasteiger partial charge in [-0.3, -0.25) is 0 Å². The van der Waals surface area contributed by atoms with Gasteiger partial charge in [0.1, 0.15) is 0 Å². The summed E-state index contributed by atoms with van der Waals surface area (Å²) in [6.07, 6.45) is 2.49. The van der Waals surface area contributed by atoms with Crippen molar-refractivity contribution in [2.45, 2.75) is 46.6 Å². The molecule has 0 amide bonds. The summed E-state index contributed by atoms with van der Waals surface area (Å²) >= 11 is 0. The highest BCUT2D eigenvalue weighted by Crippen LogP contribution is 2.30. The van der Waals surface area contributed by atoms with Gasteiger partial charge in [0.15, 0.2) is 0 Å². The van der Waals surface area contributed by atoms with Crippen LogP contribution in [-0.4, -0.2) is 12.6 Å². The van der Waals surface area contributed by atoms with Gasteiger partial charge in [-0.1, -0.05) is 25.0 Å². The molecule has 1 heteroatoms. The smallest absolute Gasteiger partial charge is 0.0167 e. The molecule has 0 radical (unpaired) electrons. The molecule has 2 atom stereocenters. The summed E-state index contributed by atoms with van der Waals surface area (Å²) in [5.74, 6) is 0.747. The van der Waals surface area contributed by atoms with Crippen molar-refractivity contribution in [1.82, 2.24) is 5.32 Å². The summed E-state index contributed by atoms with van der Waals surface area (Å²) in [6, 6.07) is 0.713. The third-order valence-corrected chi connectivity index (χ3v) is 3.14. The SMILES string of the molecule is CCCNC1CC(C)=C(C)C1C. The summed E-state index contributed by atoms with van der Waals surface area (Å²) < 4.78 is 0. The summed E-state index contributed by atoms with van der Waals surface area (Å²) in [5, 5.41) is 3.60. The van der Waals surface area contributed by atoms with Crippen LogP contribution in [0, 0.1) is 5.92 Å². The predicted molar refractivity (Wildman–Crippen MR) is 54.2 cm³/mol. The number of rotatable bonds is 3. The molecule has 0 fully saturated rings. The maximum absolute atomic E-state index is 3.60. The third kappa shape index (κ3) is 1.89. The molecule has 1 aliphatic rings. The average Bonchev–Trinajstić information content (AvgIpc) is 2.30. The lowest BCUT2D eigenvalue weighted by Gasteiger charge is -2.18. The number of hydrogen-bond acceptors (Lipinski definition) is 1. The Morgan fingerprint density at radius 3 is 2.50 bits per heavy atom. The van der Waals surface area contributed by atoms with Gasteiger partial charge < -0.3 is 5.32 Å². The van der Waals surface area contributed by atoms with Gasteiger partial charge in [-0.05, 0) is 39.2 Å². The maximum atomic E-state index is 3.60. The van der Waals surface area contributed by atoms with Crippen LogP contribution in [0.5, 0.6) is 0 Å². The second-order valence-electron chi connectivity index (χ2n) is 4.02. The lowest BCUT2D eigenvalue weighted by molar-refractivity contribution is 0.442. The molecule has 1 rings (SSSR count). The molecule has 2 unspecified atom stereocenters. The normalized spacial score (nSPS) is 30.0. The molecule has 1 N–H and O–H groups in total. The van der Waals surface area contributed by atoms with E-state index in [-0.39, 0.29) is 0 Å². The third-order valence-electron chi connectivity index (χ3n) is 3.14. The van der Waals surface area contributed by atoms with Crippen molar-refractivity contribution in [1.29, 1.82) is 0 Å². The Morgan fingerprint density at radius 2 is 2.08 bits per heavy atom. The molecule has 12 heavy (non-hydrogen) atoms. The maximum Gasteiger partial charge on any atom is 0.0167 e. The second kappa shape index (κ2) is 4.08. The van der Waals surface area contributed by atoms with Crippen LogP contribution in [0.3, 0.4) is 0 Å². The topological polar surface area (TPSA) is 12.0 Å². The number of nitrogens with one attached hydrogen (secondary N) is 1. The van der Waals surface area contributed by atoms with Crippen LogP contribution >= 0.6 is 0 Å². The van der Waals surface area contributed by atoms with Crippen molar-refractivity contribution >= 4 is 0 Å². The molecule has 0 aromatic heterocycles. The lowest BCUT2D eigenvalue weighted by Crippen LogP contribution is -2.32.